The van der Waals surface area contributed by atoms with Gasteiger partial charge in [0, 0.05) is 18.9 Å². The molecule has 1 aromatic heterocycles. The topological polar surface area (TPSA) is 27.1 Å². The molecule has 0 fully saturated rings. The van der Waals surface area contributed by atoms with Gasteiger partial charge in [-0.3, -0.25) is 0 Å². The zero-order valence-corrected chi connectivity index (χ0v) is 11.3. The molecule has 0 aliphatic rings. The number of hydrogen-bond acceptors (Lipinski definition) is 2. The predicted octanol–water partition coefficient (Wildman–Crippen LogP) is 3.61. The van der Waals surface area contributed by atoms with Crippen molar-refractivity contribution in [3.05, 3.63) is 48.0 Å². The van der Waals surface area contributed by atoms with Gasteiger partial charge in [-0.15, -0.1) is 0 Å². The molecule has 3 nitrogen and oxygen atoms in total. The fourth-order valence-electron chi connectivity index (χ4n) is 2.00. The molecule has 1 aromatic carbocycles. The molecule has 3 heteroatoms. The van der Waals surface area contributed by atoms with E-state index in [1.807, 2.05) is 24.5 Å². The van der Waals surface area contributed by atoms with E-state index in [0.717, 1.165) is 18.1 Å². The zero-order chi connectivity index (χ0) is 13.0. The van der Waals surface area contributed by atoms with E-state index in [2.05, 4.69) is 42.5 Å². The molecule has 0 aliphatic heterocycles. The van der Waals surface area contributed by atoms with Gasteiger partial charge in [-0.1, -0.05) is 32.0 Å². The summed E-state index contributed by atoms with van der Waals surface area (Å²) in [6, 6.07) is 8.20. The van der Waals surface area contributed by atoms with Crippen molar-refractivity contribution in [2.75, 3.05) is 0 Å². The van der Waals surface area contributed by atoms with Gasteiger partial charge in [-0.05, 0) is 24.5 Å². The number of aryl methyl sites for hydroxylation is 1. The molecule has 18 heavy (non-hydrogen) atoms. The van der Waals surface area contributed by atoms with Crippen LogP contribution in [0.5, 0.6) is 5.75 Å². The maximum atomic E-state index is 5.90. The third-order valence-electron chi connectivity index (χ3n) is 3.04. The predicted molar refractivity (Wildman–Crippen MR) is 72.8 cm³/mol. The number of ether oxygens (including phenoxy) is 1. The second-order valence-electron chi connectivity index (χ2n) is 4.61. The van der Waals surface area contributed by atoms with Crippen LogP contribution >= 0.6 is 0 Å². The minimum Gasteiger partial charge on any atom is -0.485 e. The molecule has 1 heterocycles. The summed E-state index contributed by atoms with van der Waals surface area (Å²) in [6.45, 7) is 7.90. The molecule has 0 N–H and O–H groups in total. The van der Waals surface area contributed by atoms with Gasteiger partial charge in [0.2, 0.25) is 0 Å². The van der Waals surface area contributed by atoms with Crippen LogP contribution < -0.4 is 4.74 Å². The Labute approximate surface area is 108 Å². The largest absolute Gasteiger partial charge is 0.485 e. The van der Waals surface area contributed by atoms with Crippen LogP contribution in [0.1, 0.15) is 38.1 Å². The van der Waals surface area contributed by atoms with Crippen molar-refractivity contribution in [2.45, 2.75) is 39.8 Å². The standard InChI is InChI=1S/C15H20N2O/c1-4-17-10-9-16-15(17)11-18-14-8-6-5-7-13(14)12(2)3/h5-10,12H,4,11H2,1-3H3. The summed E-state index contributed by atoms with van der Waals surface area (Å²) in [5.74, 6) is 2.39. The molecular weight excluding hydrogens is 224 g/mol. The Hall–Kier alpha value is -1.77. The molecule has 0 spiro atoms. The summed E-state index contributed by atoms with van der Waals surface area (Å²) < 4.78 is 8.00. The van der Waals surface area contributed by atoms with Crippen LogP contribution in [0.25, 0.3) is 0 Å². The van der Waals surface area contributed by atoms with Crippen LogP contribution in [-0.2, 0) is 13.2 Å². The smallest absolute Gasteiger partial charge is 0.146 e. The monoisotopic (exact) mass is 244 g/mol. The normalized spacial score (nSPS) is 10.9. The fourth-order valence-corrected chi connectivity index (χ4v) is 2.00. The Kier molecular flexibility index (Phi) is 4.03. The molecular formula is C15H20N2O. The number of imidazole rings is 1. The molecule has 96 valence electrons. The van der Waals surface area contributed by atoms with Gasteiger partial charge in [0.05, 0.1) is 0 Å². The van der Waals surface area contributed by atoms with E-state index in [1.54, 1.807) is 0 Å². The summed E-state index contributed by atoms with van der Waals surface area (Å²) in [6.07, 6.45) is 3.80. The lowest BCUT2D eigenvalue weighted by atomic mass is 10.0. The van der Waals surface area contributed by atoms with Gasteiger partial charge < -0.3 is 9.30 Å². The lowest BCUT2D eigenvalue weighted by molar-refractivity contribution is 0.286. The third-order valence-corrected chi connectivity index (χ3v) is 3.04. The Morgan fingerprint density at radius 3 is 2.78 bits per heavy atom. The summed E-state index contributed by atoms with van der Waals surface area (Å²) in [5, 5.41) is 0. The molecule has 0 saturated carbocycles. The van der Waals surface area contributed by atoms with Crippen LogP contribution in [-0.4, -0.2) is 9.55 Å². The van der Waals surface area contributed by atoms with Crippen LogP contribution in [0.15, 0.2) is 36.7 Å². The lowest BCUT2D eigenvalue weighted by Gasteiger charge is -2.14. The summed E-state index contributed by atoms with van der Waals surface area (Å²) in [4.78, 5) is 4.31. The van der Waals surface area contributed by atoms with Crippen LogP contribution in [0.3, 0.4) is 0 Å². The van der Waals surface area contributed by atoms with Crippen molar-refractivity contribution in [3.8, 4) is 5.75 Å². The van der Waals surface area contributed by atoms with E-state index in [-0.39, 0.29) is 0 Å². The van der Waals surface area contributed by atoms with Gasteiger partial charge in [-0.2, -0.15) is 0 Å². The first-order chi connectivity index (χ1) is 8.72. The highest BCUT2D eigenvalue weighted by atomic mass is 16.5. The third kappa shape index (κ3) is 2.73. The van der Waals surface area contributed by atoms with E-state index in [9.17, 15) is 0 Å². The Balaban J connectivity index is 2.11. The summed E-state index contributed by atoms with van der Waals surface area (Å²) >= 11 is 0. The number of hydrogen-bond donors (Lipinski definition) is 0. The van der Waals surface area contributed by atoms with E-state index in [4.69, 9.17) is 4.74 Å². The van der Waals surface area contributed by atoms with Crippen molar-refractivity contribution in [1.82, 2.24) is 9.55 Å². The van der Waals surface area contributed by atoms with Crippen molar-refractivity contribution in [1.29, 1.82) is 0 Å². The number of rotatable bonds is 5. The van der Waals surface area contributed by atoms with Crippen molar-refractivity contribution in [2.24, 2.45) is 0 Å². The molecule has 0 amide bonds. The van der Waals surface area contributed by atoms with E-state index in [1.165, 1.54) is 5.56 Å². The first kappa shape index (κ1) is 12.7. The molecule has 0 bridgehead atoms. The van der Waals surface area contributed by atoms with Crippen LogP contribution in [0.2, 0.25) is 0 Å². The second-order valence-corrected chi connectivity index (χ2v) is 4.61. The maximum Gasteiger partial charge on any atom is 0.146 e. The minimum atomic E-state index is 0.465. The summed E-state index contributed by atoms with van der Waals surface area (Å²) in [5.41, 5.74) is 1.24. The quantitative estimate of drug-likeness (QED) is 0.803. The average molecular weight is 244 g/mol. The Morgan fingerprint density at radius 1 is 1.28 bits per heavy atom. The van der Waals surface area contributed by atoms with Crippen molar-refractivity contribution in [3.63, 3.8) is 0 Å². The van der Waals surface area contributed by atoms with Gasteiger partial charge in [-0.25, -0.2) is 4.98 Å². The number of para-hydroxylation sites is 1. The van der Waals surface area contributed by atoms with Crippen molar-refractivity contribution >= 4 is 0 Å². The van der Waals surface area contributed by atoms with Crippen LogP contribution in [0.4, 0.5) is 0 Å². The fraction of sp³-hybridized carbons (Fsp3) is 0.400. The first-order valence-electron chi connectivity index (χ1n) is 6.44. The molecule has 2 rings (SSSR count). The van der Waals surface area contributed by atoms with E-state index >= 15 is 0 Å². The second kappa shape index (κ2) is 5.71. The van der Waals surface area contributed by atoms with Crippen LogP contribution in [0, 0.1) is 0 Å². The van der Waals surface area contributed by atoms with Gasteiger partial charge in [0.25, 0.3) is 0 Å². The van der Waals surface area contributed by atoms with E-state index in [0.29, 0.717) is 12.5 Å². The van der Waals surface area contributed by atoms with Gasteiger partial charge in [0.15, 0.2) is 0 Å². The number of aromatic nitrogens is 2. The Morgan fingerprint density at radius 2 is 2.06 bits per heavy atom. The zero-order valence-electron chi connectivity index (χ0n) is 11.3. The molecule has 0 atom stereocenters. The highest BCUT2D eigenvalue weighted by molar-refractivity contribution is 5.35. The molecule has 0 saturated heterocycles. The Bertz CT molecular complexity index is 503. The van der Waals surface area contributed by atoms with E-state index < -0.39 is 0 Å². The van der Waals surface area contributed by atoms with Crippen molar-refractivity contribution < 1.29 is 4.74 Å². The minimum absolute atomic E-state index is 0.465. The lowest BCUT2D eigenvalue weighted by Crippen LogP contribution is -2.06. The van der Waals surface area contributed by atoms with Gasteiger partial charge in [0.1, 0.15) is 18.2 Å². The highest BCUT2D eigenvalue weighted by Crippen LogP contribution is 2.26. The number of benzene rings is 1. The SMILES string of the molecule is CCn1ccnc1COc1ccccc1C(C)C. The molecule has 0 unspecified atom stereocenters. The molecule has 2 aromatic rings. The number of nitrogens with zero attached hydrogens (tertiary/aromatic N) is 2. The highest BCUT2D eigenvalue weighted by Gasteiger charge is 2.08. The molecule has 0 aliphatic carbocycles. The average Bonchev–Trinajstić information content (AvgIpc) is 2.84. The summed E-state index contributed by atoms with van der Waals surface area (Å²) in [7, 11) is 0. The molecule has 0 radical (unpaired) electrons. The van der Waals surface area contributed by atoms with Gasteiger partial charge >= 0.3 is 0 Å². The first-order valence-corrected chi connectivity index (χ1v) is 6.44. The maximum absolute atomic E-state index is 5.90.